The fraction of sp³-hybridized carbons (Fsp3) is 0. The lowest BCUT2D eigenvalue weighted by atomic mass is 10.1. The Labute approximate surface area is 121 Å². The standard InChI is InChI=1S/C13H7N3O4S/c17-15(18)9-3-1-8(2-4-9)13-11-6-5-10(16(19)20)7-12(11)21-14-13/h1-7H. The van der Waals surface area contributed by atoms with Crippen molar-refractivity contribution in [1.82, 2.24) is 4.37 Å². The van der Waals surface area contributed by atoms with E-state index in [9.17, 15) is 20.2 Å². The van der Waals surface area contributed by atoms with Gasteiger partial charge in [0.1, 0.15) is 0 Å². The summed E-state index contributed by atoms with van der Waals surface area (Å²) in [4.78, 5) is 20.5. The van der Waals surface area contributed by atoms with E-state index in [1.807, 2.05) is 0 Å². The number of hydrogen-bond acceptors (Lipinski definition) is 6. The quantitative estimate of drug-likeness (QED) is 0.541. The van der Waals surface area contributed by atoms with Gasteiger partial charge in [-0.1, -0.05) is 0 Å². The first-order chi connectivity index (χ1) is 10.1. The normalized spacial score (nSPS) is 10.7. The number of nitrogens with zero attached hydrogens (tertiary/aromatic N) is 3. The minimum atomic E-state index is -0.466. The van der Waals surface area contributed by atoms with Crippen LogP contribution < -0.4 is 0 Å². The summed E-state index contributed by atoms with van der Waals surface area (Å²) in [6.45, 7) is 0. The Bertz CT molecular complexity index is 857. The van der Waals surface area contributed by atoms with E-state index in [1.54, 1.807) is 18.2 Å². The molecule has 1 heterocycles. The van der Waals surface area contributed by atoms with E-state index < -0.39 is 9.85 Å². The second kappa shape index (κ2) is 4.91. The molecular weight excluding hydrogens is 294 g/mol. The molecule has 21 heavy (non-hydrogen) atoms. The van der Waals surface area contributed by atoms with Gasteiger partial charge in [0.2, 0.25) is 0 Å². The van der Waals surface area contributed by atoms with Gasteiger partial charge >= 0.3 is 0 Å². The van der Waals surface area contributed by atoms with Crippen molar-refractivity contribution in [2.75, 3.05) is 0 Å². The van der Waals surface area contributed by atoms with Crippen LogP contribution in [0.15, 0.2) is 42.5 Å². The first-order valence-electron chi connectivity index (χ1n) is 5.85. The summed E-state index contributed by atoms with van der Waals surface area (Å²) >= 11 is 1.16. The highest BCUT2D eigenvalue weighted by Gasteiger charge is 2.14. The number of benzene rings is 2. The summed E-state index contributed by atoms with van der Waals surface area (Å²) in [6, 6.07) is 10.6. The molecule has 0 aliphatic heterocycles. The summed E-state index contributed by atoms with van der Waals surface area (Å²) in [5, 5.41) is 22.2. The Morgan fingerprint density at radius 3 is 2.14 bits per heavy atom. The van der Waals surface area contributed by atoms with Crippen LogP contribution in [0.4, 0.5) is 11.4 Å². The highest BCUT2D eigenvalue weighted by molar-refractivity contribution is 7.13. The molecule has 0 aliphatic carbocycles. The zero-order valence-corrected chi connectivity index (χ0v) is 11.2. The number of aromatic nitrogens is 1. The molecule has 0 fully saturated rings. The molecule has 0 saturated carbocycles. The lowest BCUT2D eigenvalue weighted by molar-refractivity contribution is -0.385. The third kappa shape index (κ3) is 2.32. The van der Waals surface area contributed by atoms with Crippen molar-refractivity contribution in [2.24, 2.45) is 0 Å². The van der Waals surface area contributed by atoms with Gasteiger partial charge in [-0.15, -0.1) is 0 Å². The van der Waals surface area contributed by atoms with Crippen molar-refractivity contribution >= 4 is 33.0 Å². The number of hydrogen-bond donors (Lipinski definition) is 0. The van der Waals surface area contributed by atoms with E-state index in [-0.39, 0.29) is 11.4 Å². The Hall–Kier alpha value is -2.87. The summed E-state index contributed by atoms with van der Waals surface area (Å²) in [5.41, 5.74) is 1.43. The molecule has 0 atom stereocenters. The average Bonchev–Trinajstić information content (AvgIpc) is 2.90. The topological polar surface area (TPSA) is 99.2 Å². The van der Waals surface area contributed by atoms with E-state index >= 15 is 0 Å². The van der Waals surface area contributed by atoms with Gasteiger partial charge in [-0.3, -0.25) is 20.2 Å². The van der Waals surface area contributed by atoms with Crippen LogP contribution >= 0.6 is 11.5 Å². The maximum absolute atomic E-state index is 10.7. The van der Waals surface area contributed by atoms with Crippen LogP contribution in [0.25, 0.3) is 21.3 Å². The highest BCUT2D eigenvalue weighted by Crippen LogP contribution is 2.33. The largest absolute Gasteiger partial charge is 0.270 e. The summed E-state index contributed by atoms with van der Waals surface area (Å²) in [5.74, 6) is 0. The molecule has 0 spiro atoms. The third-order valence-corrected chi connectivity index (χ3v) is 3.83. The molecular formula is C13H7N3O4S. The van der Waals surface area contributed by atoms with E-state index in [2.05, 4.69) is 4.37 Å². The van der Waals surface area contributed by atoms with Gasteiger partial charge in [-0.2, -0.15) is 4.37 Å². The molecule has 0 aliphatic rings. The smallest absolute Gasteiger partial charge is 0.258 e. The fourth-order valence-corrected chi connectivity index (χ4v) is 2.82. The molecule has 104 valence electrons. The van der Waals surface area contributed by atoms with Crippen molar-refractivity contribution < 1.29 is 9.85 Å². The van der Waals surface area contributed by atoms with E-state index in [0.29, 0.717) is 10.4 Å². The van der Waals surface area contributed by atoms with Crippen molar-refractivity contribution in [3.05, 3.63) is 62.7 Å². The predicted octanol–water partition coefficient (Wildman–Crippen LogP) is 3.78. The molecule has 0 radical (unpaired) electrons. The van der Waals surface area contributed by atoms with Crippen molar-refractivity contribution in [3.63, 3.8) is 0 Å². The van der Waals surface area contributed by atoms with E-state index in [4.69, 9.17) is 0 Å². The molecule has 1 aromatic heterocycles. The number of non-ortho nitro benzene ring substituents is 2. The zero-order valence-electron chi connectivity index (χ0n) is 10.4. The van der Waals surface area contributed by atoms with Gasteiger partial charge in [-0.05, 0) is 29.7 Å². The Morgan fingerprint density at radius 1 is 0.905 bits per heavy atom. The van der Waals surface area contributed by atoms with Gasteiger partial charge in [0, 0.05) is 35.2 Å². The van der Waals surface area contributed by atoms with E-state index in [1.165, 1.54) is 24.3 Å². The van der Waals surface area contributed by atoms with Crippen LogP contribution in [0.3, 0.4) is 0 Å². The molecule has 0 amide bonds. The summed E-state index contributed by atoms with van der Waals surface area (Å²) in [6.07, 6.45) is 0. The summed E-state index contributed by atoms with van der Waals surface area (Å²) < 4.78 is 5.00. The Kier molecular flexibility index (Phi) is 3.07. The van der Waals surface area contributed by atoms with Gasteiger partial charge in [0.15, 0.2) is 0 Å². The Morgan fingerprint density at radius 2 is 1.52 bits per heavy atom. The molecule has 7 nitrogen and oxygen atoms in total. The second-order valence-corrected chi connectivity index (χ2v) is 5.08. The van der Waals surface area contributed by atoms with Crippen molar-refractivity contribution in [2.45, 2.75) is 0 Å². The lowest BCUT2D eigenvalue weighted by Crippen LogP contribution is -1.88. The lowest BCUT2D eigenvalue weighted by Gasteiger charge is -1.98. The second-order valence-electron chi connectivity index (χ2n) is 4.27. The highest BCUT2D eigenvalue weighted by atomic mass is 32.1. The van der Waals surface area contributed by atoms with Crippen LogP contribution in [-0.2, 0) is 0 Å². The number of fused-ring (bicyclic) bond motifs is 1. The minimum Gasteiger partial charge on any atom is -0.258 e. The van der Waals surface area contributed by atoms with Gasteiger partial charge < -0.3 is 0 Å². The van der Waals surface area contributed by atoms with Crippen LogP contribution in [0.2, 0.25) is 0 Å². The van der Waals surface area contributed by atoms with Crippen molar-refractivity contribution in [3.8, 4) is 11.3 Å². The number of rotatable bonds is 3. The summed E-state index contributed by atoms with van der Waals surface area (Å²) in [7, 11) is 0. The Balaban J connectivity index is 2.08. The average molecular weight is 301 g/mol. The first kappa shape index (κ1) is 13.1. The molecule has 3 rings (SSSR count). The molecule has 0 bridgehead atoms. The predicted molar refractivity (Wildman–Crippen MR) is 78.4 cm³/mol. The van der Waals surface area contributed by atoms with Gasteiger partial charge in [0.25, 0.3) is 11.4 Å². The van der Waals surface area contributed by atoms with Crippen LogP contribution in [-0.4, -0.2) is 14.2 Å². The monoisotopic (exact) mass is 301 g/mol. The number of nitro benzene ring substituents is 2. The minimum absolute atomic E-state index is 0.00826. The number of nitro groups is 2. The molecule has 3 aromatic rings. The zero-order chi connectivity index (χ0) is 15.0. The maximum Gasteiger partial charge on any atom is 0.270 e. The van der Waals surface area contributed by atoms with Crippen LogP contribution in [0.1, 0.15) is 0 Å². The SMILES string of the molecule is O=[N+]([O-])c1ccc(-c2nsc3cc([N+](=O)[O-])ccc23)cc1. The van der Waals surface area contributed by atoms with Crippen molar-refractivity contribution in [1.29, 1.82) is 0 Å². The van der Waals surface area contributed by atoms with Gasteiger partial charge in [-0.25, -0.2) is 0 Å². The first-order valence-corrected chi connectivity index (χ1v) is 6.62. The van der Waals surface area contributed by atoms with Crippen LogP contribution in [0.5, 0.6) is 0 Å². The third-order valence-electron chi connectivity index (χ3n) is 3.02. The maximum atomic E-state index is 10.7. The fourth-order valence-electron chi connectivity index (χ4n) is 1.99. The molecule has 2 aromatic carbocycles. The molecule has 0 saturated heterocycles. The van der Waals surface area contributed by atoms with Gasteiger partial charge in [0.05, 0.1) is 20.2 Å². The molecule has 0 N–H and O–H groups in total. The van der Waals surface area contributed by atoms with E-state index in [0.717, 1.165) is 22.5 Å². The molecule has 0 unspecified atom stereocenters. The molecule has 8 heteroatoms. The van der Waals surface area contributed by atoms with Crippen LogP contribution in [0, 0.1) is 20.2 Å².